The molecule has 0 unspecified atom stereocenters. The summed E-state index contributed by atoms with van der Waals surface area (Å²) in [4.78, 5) is 17.0. The van der Waals surface area contributed by atoms with E-state index in [1.807, 2.05) is 0 Å². The monoisotopic (exact) mass is 481 g/mol. The van der Waals surface area contributed by atoms with E-state index in [2.05, 4.69) is 20.0 Å². The summed E-state index contributed by atoms with van der Waals surface area (Å²) in [5.41, 5.74) is 2.34. The first-order valence-electron chi connectivity index (χ1n) is 9.43. The second-order valence-corrected chi connectivity index (χ2v) is 9.34. The van der Waals surface area contributed by atoms with E-state index in [9.17, 15) is 17.6 Å². The summed E-state index contributed by atoms with van der Waals surface area (Å²) in [5.74, 6) is -1.07. The van der Waals surface area contributed by atoms with E-state index < -0.39 is 27.9 Å². The third-order valence-electron chi connectivity index (χ3n) is 4.58. The second-order valence-electron chi connectivity index (χ2n) is 7.19. The lowest BCUT2D eigenvalue weighted by molar-refractivity contribution is -0.147. The number of nitrogens with zero attached hydrogens (tertiary/aromatic N) is 4. The highest BCUT2D eigenvalue weighted by Gasteiger charge is 2.22. The lowest BCUT2D eigenvalue weighted by atomic mass is 10.1. The first kappa shape index (κ1) is 23.6. The number of esters is 1. The van der Waals surface area contributed by atoms with Crippen LogP contribution in [0.15, 0.2) is 30.3 Å². The number of benzene rings is 1. The van der Waals surface area contributed by atoms with Gasteiger partial charge in [0.2, 0.25) is 10.0 Å². The number of carbonyl (C=O) groups is 1. The van der Waals surface area contributed by atoms with E-state index in [4.69, 9.17) is 16.3 Å². The molecule has 1 atom stereocenters. The molecule has 12 heteroatoms. The number of anilines is 1. The Morgan fingerprint density at radius 3 is 2.69 bits per heavy atom. The molecule has 0 radical (unpaired) electrons. The number of sulfonamides is 1. The van der Waals surface area contributed by atoms with Crippen molar-refractivity contribution in [3.8, 4) is 11.4 Å². The normalized spacial score (nSPS) is 12.4. The summed E-state index contributed by atoms with van der Waals surface area (Å²) in [6, 6.07) is 6.98. The van der Waals surface area contributed by atoms with Gasteiger partial charge in [-0.2, -0.15) is 0 Å². The summed E-state index contributed by atoms with van der Waals surface area (Å²) >= 11 is 6.08. The maximum Gasteiger partial charge on any atom is 0.312 e. The Morgan fingerprint density at radius 1 is 1.31 bits per heavy atom. The summed E-state index contributed by atoms with van der Waals surface area (Å²) in [7, 11) is -1.83. The summed E-state index contributed by atoms with van der Waals surface area (Å²) in [6.45, 7) is 3.24. The standard InChI is InChI=1S/C20H21ClFN5O4S/c1-11-16(25-32(4,29)30)7-8-17(23-11)20-18(27(3)26-24-20)10-19(28)31-12(2)14-9-13(22)5-6-15(14)21/h5-9,12,25H,10H2,1-4H3/t12-/m1/s1. The van der Waals surface area contributed by atoms with Gasteiger partial charge in [-0.15, -0.1) is 5.10 Å². The Morgan fingerprint density at radius 2 is 2.03 bits per heavy atom. The van der Waals surface area contributed by atoms with Crippen molar-refractivity contribution in [1.29, 1.82) is 0 Å². The number of aryl methyl sites for hydroxylation is 2. The highest BCUT2D eigenvalue weighted by molar-refractivity contribution is 7.92. The van der Waals surface area contributed by atoms with Crippen LogP contribution in [0.3, 0.4) is 0 Å². The van der Waals surface area contributed by atoms with Crippen molar-refractivity contribution in [3.05, 3.63) is 58.1 Å². The quantitative estimate of drug-likeness (QED) is 0.515. The molecule has 0 aliphatic rings. The van der Waals surface area contributed by atoms with Crippen LogP contribution in [0.1, 0.15) is 30.0 Å². The predicted octanol–water partition coefficient (Wildman–Crippen LogP) is 3.20. The van der Waals surface area contributed by atoms with Crippen LogP contribution >= 0.6 is 11.6 Å². The largest absolute Gasteiger partial charge is 0.457 e. The van der Waals surface area contributed by atoms with Gasteiger partial charge in [-0.05, 0) is 44.2 Å². The molecule has 0 amide bonds. The topological polar surface area (TPSA) is 116 Å². The number of hydrogen-bond donors (Lipinski definition) is 1. The van der Waals surface area contributed by atoms with E-state index in [1.54, 1.807) is 33.0 Å². The Labute approximate surface area is 189 Å². The molecule has 0 saturated heterocycles. The Kier molecular flexibility index (Phi) is 6.79. The fourth-order valence-electron chi connectivity index (χ4n) is 3.04. The molecular formula is C20H21ClFN5O4S. The van der Waals surface area contributed by atoms with Gasteiger partial charge in [-0.3, -0.25) is 14.2 Å². The zero-order chi connectivity index (χ0) is 23.6. The minimum Gasteiger partial charge on any atom is -0.457 e. The molecule has 0 fully saturated rings. The zero-order valence-corrected chi connectivity index (χ0v) is 19.3. The van der Waals surface area contributed by atoms with Crippen molar-refractivity contribution in [2.24, 2.45) is 7.05 Å². The number of pyridine rings is 1. The predicted molar refractivity (Wildman–Crippen MR) is 117 cm³/mol. The van der Waals surface area contributed by atoms with Crippen LogP contribution in [0.2, 0.25) is 5.02 Å². The van der Waals surface area contributed by atoms with Crippen molar-refractivity contribution in [2.45, 2.75) is 26.4 Å². The Balaban J connectivity index is 1.81. The minimum absolute atomic E-state index is 0.166. The van der Waals surface area contributed by atoms with Crippen molar-refractivity contribution >= 4 is 33.3 Å². The van der Waals surface area contributed by atoms with E-state index in [1.165, 1.54) is 22.9 Å². The lowest BCUT2D eigenvalue weighted by Gasteiger charge is -2.15. The molecule has 0 spiro atoms. The van der Waals surface area contributed by atoms with E-state index >= 15 is 0 Å². The van der Waals surface area contributed by atoms with E-state index in [-0.39, 0.29) is 11.4 Å². The number of halogens is 2. The van der Waals surface area contributed by atoms with Crippen molar-refractivity contribution < 1.29 is 22.3 Å². The van der Waals surface area contributed by atoms with E-state index in [0.717, 1.165) is 6.26 Å². The molecule has 0 saturated carbocycles. The number of nitrogens with one attached hydrogen (secondary N) is 1. The van der Waals surface area contributed by atoms with Crippen molar-refractivity contribution in [3.63, 3.8) is 0 Å². The zero-order valence-electron chi connectivity index (χ0n) is 17.8. The molecule has 0 aliphatic carbocycles. The van der Waals surface area contributed by atoms with E-state index in [0.29, 0.717) is 34.0 Å². The Hall–Kier alpha value is -3.05. The van der Waals surface area contributed by atoms with Crippen LogP contribution in [0, 0.1) is 12.7 Å². The maximum atomic E-state index is 13.5. The average Bonchev–Trinajstić information content (AvgIpc) is 3.04. The fraction of sp³-hybridized carbons (Fsp3) is 0.300. The molecule has 1 N–H and O–H groups in total. The third kappa shape index (κ3) is 5.60. The minimum atomic E-state index is -3.45. The van der Waals surface area contributed by atoms with Gasteiger partial charge in [0.1, 0.15) is 17.6 Å². The summed E-state index contributed by atoms with van der Waals surface area (Å²) < 4.78 is 45.7. The molecule has 0 aliphatic heterocycles. The third-order valence-corrected chi connectivity index (χ3v) is 5.52. The SMILES string of the molecule is Cc1nc(-c2nnn(C)c2CC(=O)O[C@H](C)c2cc(F)ccc2Cl)ccc1NS(C)(=O)=O. The number of carbonyl (C=O) groups excluding carboxylic acids is 1. The molecule has 2 aromatic heterocycles. The molecule has 0 bridgehead atoms. The second kappa shape index (κ2) is 9.21. The fourth-order valence-corrected chi connectivity index (χ4v) is 3.93. The lowest BCUT2D eigenvalue weighted by Crippen LogP contribution is -2.15. The molecular weight excluding hydrogens is 461 g/mol. The first-order valence-corrected chi connectivity index (χ1v) is 11.7. The molecule has 170 valence electrons. The smallest absolute Gasteiger partial charge is 0.312 e. The molecule has 3 rings (SSSR count). The van der Waals surface area contributed by atoms with Gasteiger partial charge < -0.3 is 4.74 Å². The summed E-state index contributed by atoms with van der Waals surface area (Å²) in [5, 5.41) is 8.33. The number of hydrogen-bond acceptors (Lipinski definition) is 7. The van der Waals surface area contributed by atoms with Crippen molar-refractivity contribution in [2.75, 3.05) is 11.0 Å². The number of rotatable bonds is 7. The molecule has 9 nitrogen and oxygen atoms in total. The van der Waals surface area contributed by atoms with Gasteiger partial charge in [0.25, 0.3) is 0 Å². The highest BCUT2D eigenvalue weighted by Crippen LogP contribution is 2.28. The summed E-state index contributed by atoms with van der Waals surface area (Å²) in [6.07, 6.45) is 0.113. The maximum absolute atomic E-state index is 13.5. The Bertz CT molecular complexity index is 1280. The molecule has 32 heavy (non-hydrogen) atoms. The van der Waals surface area contributed by atoms with Crippen LogP contribution in [-0.2, 0) is 33.0 Å². The first-order chi connectivity index (χ1) is 14.9. The molecule has 1 aromatic carbocycles. The van der Waals surface area contributed by atoms with Crippen LogP contribution in [0.4, 0.5) is 10.1 Å². The van der Waals surface area contributed by atoms with Gasteiger partial charge in [0.15, 0.2) is 0 Å². The van der Waals surface area contributed by atoms with Gasteiger partial charge in [0, 0.05) is 17.6 Å². The van der Waals surface area contributed by atoms with Crippen molar-refractivity contribution in [1.82, 2.24) is 20.0 Å². The number of ether oxygens (including phenoxy) is 1. The van der Waals surface area contributed by atoms with Gasteiger partial charge in [0.05, 0.1) is 35.4 Å². The van der Waals surface area contributed by atoms with Crippen LogP contribution in [-0.4, -0.2) is 40.6 Å². The van der Waals surface area contributed by atoms with Crippen LogP contribution in [0.5, 0.6) is 0 Å². The van der Waals surface area contributed by atoms with Gasteiger partial charge in [-0.25, -0.2) is 17.8 Å². The van der Waals surface area contributed by atoms with Gasteiger partial charge in [-0.1, -0.05) is 16.8 Å². The van der Waals surface area contributed by atoms with Gasteiger partial charge >= 0.3 is 5.97 Å². The molecule has 3 aromatic rings. The number of aromatic nitrogens is 4. The average molecular weight is 482 g/mol. The van der Waals surface area contributed by atoms with Crippen LogP contribution < -0.4 is 4.72 Å². The van der Waals surface area contributed by atoms with Crippen LogP contribution in [0.25, 0.3) is 11.4 Å². The molecule has 2 heterocycles. The highest BCUT2D eigenvalue weighted by atomic mass is 35.5.